The van der Waals surface area contributed by atoms with Gasteiger partial charge in [-0.25, -0.2) is 0 Å². The van der Waals surface area contributed by atoms with Gasteiger partial charge in [0.1, 0.15) is 0 Å². The Morgan fingerprint density at radius 2 is 0.983 bits per heavy atom. The summed E-state index contributed by atoms with van der Waals surface area (Å²) in [4.78, 5) is 0. The summed E-state index contributed by atoms with van der Waals surface area (Å²) in [5.74, 6) is 0.786. The Labute approximate surface area is 361 Å². The van der Waals surface area contributed by atoms with Crippen molar-refractivity contribution >= 4 is 48.1 Å². The monoisotopic (exact) mass is 956 g/mol. The fourth-order valence-corrected chi connectivity index (χ4v) is 7.66. The van der Waals surface area contributed by atoms with Crippen LogP contribution in [0.3, 0.4) is 0 Å². The number of hydrogen-bond donors (Lipinski definition) is 0. The van der Waals surface area contributed by atoms with E-state index in [1.807, 2.05) is 6.07 Å². The van der Waals surface area contributed by atoms with Crippen LogP contribution in [-0.2, 0) is 31.7 Å². The molecule has 0 N–H and O–H groups in total. The molecular weight excluding hydrogens is 914 g/mol. The molecule has 59 heavy (non-hydrogen) atoms. The third-order valence-corrected chi connectivity index (χ3v) is 10.5. The van der Waals surface area contributed by atoms with Crippen LogP contribution >= 0.6 is 17.0 Å². The molecule has 1 aliphatic carbocycles. The van der Waals surface area contributed by atoms with E-state index in [4.69, 9.17) is 17.0 Å². The Hall–Kier alpha value is -2.85. The van der Waals surface area contributed by atoms with Crippen LogP contribution in [0.5, 0.6) is 0 Å². The zero-order chi connectivity index (χ0) is 44.0. The van der Waals surface area contributed by atoms with Gasteiger partial charge in [-0.15, -0.1) is 69.1 Å². The van der Waals surface area contributed by atoms with E-state index in [0.717, 1.165) is 38.5 Å². The van der Waals surface area contributed by atoms with Crippen LogP contribution in [0.1, 0.15) is 74.6 Å². The van der Waals surface area contributed by atoms with Gasteiger partial charge < -0.3 is 0 Å². The molecule has 0 heterocycles. The number of benzene rings is 4. The number of fused-ring (bicyclic) bond motifs is 2. The predicted octanol–water partition coefficient (Wildman–Crippen LogP) is 16.8. The van der Waals surface area contributed by atoms with Crippen molar-refractivity contribution in [2.75, 3.05) is 0 Å². The molecule has 0 bridgehead atoms. The average Bonchev–Trinajstić information content (AvgIpc) is 3.90. The van der Waals surface area contributed by atoms with Crippen LogP contribution < -0.4 is 0 Å². The second kappa shape index (κ2) is 19.9. The van der Waals surface area contributed by atoms with Gasteiger partial charge in [0.05, 0.1) is 0 Å². The molecule has 1 fully saturated rings. The van der Waals surface area contributed by atoms with Crippen LogP contribution in [0, 0.1) is 6.92 Å². The fourth-order valence-electron chi connectivity index (χ4n) is 7.66. The maximum atomic E-state index is 13.2. The molecule has 314 valence electrons. The van der Waals surface area contributed by atoms with E-state index in [2.05, 4.69) is 88.5 Å². The zero-order valence-electron chi connectivity index (χ0n) is 33.5. The molecule has 1 aliphatic rings. The second-order valence-electron chi connectivity index (χ2n) is 15.6. The van der Waals surface area contributed by atoms with Gasteiger partial charge in [-0.2, -0.15) is 51.6 Å². The van der Waals surface area contributed by atoms with Crippen molar-refractivity contribution in [3.05, 3.63) is 131 Å². The van der Waals surface area contributed by atoms with E-state index in [9.17, 15) is 39.5 Å². The van der Waals surface area contributed by atoms with Crippen LogP contribution in [0.25, 0.3) is 43.8 Å². The predicted molar refractivity (Wildman–Crippen MR) is 224 cm³/mol. The maximum absolute atomic E-state index is 13.2. The van der Waals surface area contributed by atoms with E-state index in [0.29, 0.717) is 10.9 Å². The number of rotatable bonds is 4. The summed E-state index contributed by atoms with van der Waals surface area (Å²) in [7, 11) is 11.0. The minimum absolute atomic E-state index is 0.199. The van der Waals surface area contributed by atoms with Crippen molar-refractivity contribution in [3.63, 3.8) is 0 Å². The summed E-state index contributed by atoms with van der Waals surface area (Å²) in [6, 6.07) is 31.5. The van der Waals surface area contributed by atoms with Crippen LogP contribution in [0.2, 0.25) is 13.1 Å². The van der Waals surface area contributed by atoms with E-state index in [-0.39, 0.29) is 23.1 Å². The van der Waals surface area contributed by atoms with E-state index in [1.165, 1.54) is 53.1 Å². The molecule has 0 nitrogen and oxygen atoms in total. The van der Waals surface area contributed by atoms with Crippen molar-refractivity contribution in [3.8, 4) is 22.3 Å². The quantitative estimate of drug-likeness (QED) is 0.0938. The van der Waals surface area contributed by atoms with Crippen molar-refractivity contribution in [1.29, 1.82) is 0 Å². The van der Waals surface area contributed by atoms with Gasteiger partial charge in [-0.1, -0.05) is 125 Å². The van der Waals surface area contributed by atoms with Gasteiger partial charge in [0.2, 0.25) is 0 Å². The molecule has 6 aromatic rings. The first-order valence-corrected chi connectivity index (χ1v) is 27.2. The topological polar surface area (TPSA) is 0 Å². The molecule has 0 aromatic heterocycles. The third-order valence-electron chi connectivity index (χ3n) is 10.5. The van der Waals surface area contributed by atoms with Gasteiger partial charge in [0.25, 0.3) is 5.41 Å². The Kier molecular flexibility index (Phi) is 16.5. The van der Waals surface area contributed by atoms with E-state index < -0.39 is 50.4 Å². The van der Waals surface area contributed by atoms with Crippen LogP contribution in [-0.4, -0.2) is 28.0 Å². The number of hydrogen-bond acceptors (Lipinski definition) is 0. The van der Waals surface area contributed by atoms with Gasteiger partial charge in [-0.05, 0) is 46.4 Å². The molecule has 0 unspecified atom stereocenters. The molecule has 0 aliphatic heterocycles. The SMILES string of the molecule is CC(C)(C)c1ccc(-c2cccc3[cH-]c(C4CCCC4)cc23)cc1.C[Si]C.Cc1cc2c(-c3ccc(C(C(F)(F)F)(C(F)(F)F)C(F)(F)F)cc3)cccc2[cH-]1.[Cl][Zr+2][Cl]. The molecule has 13 heteroatoms. The third kappa shape index (κ3) is 11.0. The Bertz CT molecular complexity index is 2200. The minimum atomic E-state index is -6.63. The second-order valence-corrected chi connectivity index (χ2v) is 20.4. The number of halogens is 11. The Balaban J connectivity index is 0.000000233. The molecule has 0 atom stereocenters. The summed E-state index contributed by atoms with van der Waals surface area (Å²) < 4.78 is 119. The molecule has 0 amide bonds. The summed E-state index contributed by atoms with van der Waals surface area (Å²) in [5, 5.41) is 4.29. The summed E-state index contributed by atoms with van der Waals surface area (Å²) in [6.45, 7) is 12.9. The van der Waals surface area contributed by atoms with Gasteiger partial charge >= 0.3 is 56.4 Å². The van der Waals surface area contributed by atoms with Crippen molar-refractivity contribution < 1.29 is 60.4 Å². The Morgan fingerprint density at radius 1 is 0.593 bits per heavy atom. The zero-order valence-corrected chi connectivity index (χ0v) is 38.4. The van der Waals surface area contributed by atoms with Gasteiger partial charge in [0.15, 0.2) is 0 Å². The summed E-state index contributed by atoms with van der Waals surface area (Å²) in [5.41, 5.74) is -0.476. The van der Waals surface area contributed by atoms with Crippen molar-refractivity contribution in [2.24, 2.45) is 0 Å². The molecule has 2 radical (unpaired) electrons. The summed E-state index contributed by atoms with van der Waals surface area (Å²) >= 11 is -0.826. The van der Waals surface area contributed by atoms with Gasteiger partial charge in [-0.3, -0.25) is 0 Å². The first kappa shape index (κ1) is 48.8. The first-order chi connectivity index (χ1) is 27.5. The molecule has 6 aromatic carbocycles. The standard InChI is InChI=1S/C24H27.C20H12F9.C2H6Si.2ClH.Zr/c1-24(2,3)21-13-11-18(12-14-21)22-10-6-9-19-15-20(16-23(19)22)17-7-4-5-8-17;1-11-9-13-3-2-4-15(16(13)10-11)12-5-7-14(8-6-12)17(18(21,22)23,19(24,25)26)20(27,28)29;1-3-2;;;/h6,9-17H,4-5,7-8H2,1-3H3;2-10H,1H3;1-2H3;2*1H;/q2*-1;;;;+4/p-2. The first-order valence-electron chi connectivity index (χ1n) is 18.9. The molecule has 1 saturated carbocycles. The fraction of sp³-hybridized carbons (Fsp3) is 0.348. The normalized spacial score (nSPS) is 13.8. The number of alkyl halides is 9. The number of aryl methyl sites for hydroxylation is 1. The van der Waals surface area contributed by atoms with Crippen molar-refractivity contribution in [1.82, 2.24) is 0 Å². The van der Waals surface area contributed by atoms with Crippen LogP contribution in [0.4, 0.5) is 39.5 Å². The van der Waals surface area contributed by atoms with E-state index in [1.54, 1.807) is 36.8 Å². The molecule has 7 rings (SSSR count). The van der Waals surface area contributed by atoms with Crippen molar-refractivity contribution in [2.45, 2.75) is 102 Å². The molecular formula is C46H45Cl2F9SiZr. The molecule has 0 spiro atoms. The average molecular weight is 959 g/mol. The van der Waals surface area contributed by atoms with Crippen LogP contribution in [0.15, 0.2) is 109 Å². The Morgan fingerprint density at radius 3 is 1.39 bits per heavy atom. The van der Waals surface area contributed by atoms with Gasteiger partial charge in [0, 0.05) is 9.52 Å². The summed E-state index contributed by atoms with van der Waals surface area (Å²) in [6.07, 6.45) is -14.4. The molecule has 0 saturated heterocycles. The van der Waals surface area contributed by atoms with E-state index >= 15 is 0 Å².